The molecule has 2 N–H and O–H groups in total. The number of carbonyl (C=O) groups is 1. The summed E-state index contributed by atoms with van der Waals surface area (Å²) < 4.78 is 1.17. The van der Waals surface area contributed by atoms with Crippen LogP contribution in [0.3, 0.4) is 0 Å². The van der Waals surface area contributed by atoms with Gasteiger partial charge < -0.3 is 10.6 Å². The summed E-state index contributed by atoms with van der Waals surface area (Å²) in [6.07, 6.45) is 7.74. The Balaban J connectivity index is 1.93. The number of fused-ring (bicyclic) bond motifs is 3. The molecule has 0 bridgehead atoms. The first-order valence-corrected chi connectivity index (χ1v) is 7.31. The summed E-state index contributed by atoms with van der Waals surface area (Å²) in [4.78, 5) is 16.0. The Bertz CT molecular complexity index is 432. The SMILES string of the molecule is NC(=O)CN1C[C@H]2CCCN2C2=C(Br)C=CC[C@@H]21. The largest absolute Gasteiger partial charge is 0.369 e. The number of primary amides is 1. The maximum absolute atomic E-state index is 11.2. The number of rotatable bonds is 2. The van der Waals surface area contributed by atoms with Crippen molar-refractivity contribution in [2.75, 3.05) is 19.6 Å². The van der Waals surface area contributed by atoms with Crippen molar-refractivity contribution >= 4 is 21.8 Å². The Hall–Kier alpha value is -0.810. The highest BCUT2D eigenvalue weighted by atomic mass is 79.9. The fourth-order valence-corrected chi connectivity index (χ4v) is 4.10. The highest BCUT2D eigenvalue weighted by Gasteiger charge is 2.41. The zero-order chi connectivity index (χ0) is 12.7. The van der Waals surface area contributed by atoms with Crippen LogP contribution >= 0.6 is 15.9 Å². The maximum Gasteiger partial charge on any atom is 0.231 e. The Morgan fingerprint density at radius 1 is 1.56 bits per heavy atom. The molecule has 0 spiro atoms. The molecule has 3 rings (SSSR count). The van der Waals surface area contributed by atoms with E-state index in [1.807, 2.05) is 0 Å². The van der Waals surface area contributed by atoms with Gasteiger partial charge in [-0.05, 0) is 35.2 Å². The van der Waals surface area contributed by atoms with Crippen LogP contribution in [0, 0.1) is 0 Å². The number of nitrogens with zero attached hydrogens (tertiary/aromatic N) is 2. The molecule has 0 radical (unpaired) electrons. The number of allylic oxidation sites excluding steroid dienone is 2. The first kappa shape index (κ1) is 12.2. The molecule has 1 aliphatic carbocycles. The Morgan fingerprint density at radius 2 is 2.39 bits per heavy atom. The zero-order valence-corrected chi connectivity index (χ0v) is 11.9. The number of piperazine rings is 1. The summed E-state index contributed by atoms with van der Waals surface area (Å²) in [5.74, 6) is -0.230. The average Bonchev–Trinajstić information content (AvgIpc) is 2.76. The van der Waals surface area contributed by atoms with Gasteiger partial charge in [0.05, 0.1) is 12.6 Å². The lowest BCUT2D eigenvalue weighted by Gasteiger charge is -2.47. The van der Waals surface area contributed by atoms with Crippen LogP contribution in [0.1, 0.15) is 19.3 Å². The summed E-state index contributed by atoms with van der Waals surface area (Å²) in [6.45, 7) is 2.47. The lowest BCUT2D eigenvalue weighted by Crippen LogP contribution is -2.56. The molecule has 18 heavy (non-hydrogen) atoms. The first-order chi connectivity index (χ1) is 8.66. The molecule has 1 amide bonds. The van der Waals surface area contributed by atoms with Crippen molar-refractivity contribution in [3.05, 3.63) is 22.3 Å². The van der Waals surface area contributed by atoms with Gasteiger partial charge in [-0.2, -0.15) is 0 Å². The van der Waals surface area contributed by atoms with E-state index in [4.69, 9.17) is 5.73 Å². The van der Waals surface area contributed by atoms with E-state index in [9.17, 15) is 4.79 Å². The number of hydrogen-bond donors (Lipinski definition) is 1. The number of hydrogen-bond acceptors (Lipinski definition) is 3. The molecule has 5 heteroatoms. The van der Waals surface area contributed by atoms with Crippen LogP contribution < -0.4 is 5.73 Å². The van der Waals surface area contributed by atoms with Crippen molar-refractivity contribution < 1.29 is 4.79 Å². The van der Waals surface area contributed by atoms with E-state index in [0.717, 1.165) is 19.5 Å². The van der Waals surface area contributed by atoms with Gasteiger partial charge in [-0.15, -0.1) is 0 Å². The number of halogens is 1. The van der Waals surface area contributed by atoms with Gasteiger partial charge in [-0.25, -0.2) is 0 Å². The normalized spacial score (nSPS) is 31.5. The van der Waals surface area contributed by atoms with Crippen molar-refractivity contribution in [3.8, 4) is 0 Å². The quantitative estimate of drug-likeness (QED) is 0.833. The van der Waals surface area contributed by atoms with E-state index in [-0.39, 0.29) is 5.91 Å². The topological polar surface area (TPSA) is 49.6 Å². The second kappa shape index (κ2) is 4.70. The molecular formula is C13H18BrN3O. The third-order valence-electron chi connectivity index (χ3n) is 4.12. The minimum Gasteiger partial charge on any atom is -0.369 e. The highest BCUT2D eigenvalue weighted by Crippen LogP contribution is 2.38. The highest BCUT2D eigenvalue weighted by molar-refractivity contribution is 9.11. The monoisotopic (exact) mass is 311 g/mol. The van der Waals surface area contributed by atoms with Crippen molar-refractivity contribution in [3.63, 3.8) is 0 Å². The molecule has 2 heterocycles. The van der Waals surface area contributed by atoms with Crippen molar-refractivity contribution in [2.24, 2.45) is 5.73 Å². The van der Waals surface area contributed by atoms with E-state index < -0.39 is 0 Å². The second-order valence-electron chi connectivity index (χ2n) is 5.27. The van der Waals surface area contributed by atoms with Crippen LogP contribution in [-0.4, -0.2) is 47.4 Å². The van der Waals surface area contributed by atoms with Crippen molar-refractivity contribution in [2.45, 2.75) is 31.3 Å². The van der Waals surface area contributed by atoms with Crippen LogP contribution in [0.4, 0.5) is 0 Å². The molecule has 2 aliphatic heterocycles. The molecular weight excluding hydrogens is 294 g/mol. The van der Waals surface area contributed by atoms with Crippen LogP contribution in [0.2, 0.25) is 0 Å². The Morgan fingerprint density at radius 3 is 3.17 bits per heavy atom. The molecule has 3 aliphatic rings. The molecule has 0 saturated carbocycles. The third-order valence-corrected chi connectivity index (χ3v) is 4.79. The summed E-state index contributed by atoms with van der Waals surface area (Å²) in [7, 11) is 0. The van der Waals surface area contributed by atoms with Crippen molar-refractivity contribution in [1.82, 2.24) is 9.80 Å². The smallest absolute Gasteiger partial charge is 0.231 e. The van der Waals surface area contributed by atoms with E-state index in [1.54, 1.807) is 0 Å². The van der Waals surface area contributed by atoms with Gasteiger partial charge in [-0.3, -0.25) is 9.69 Å². The maximum atomic E-state index is 11.2. The minimum atomic E-state index is -0.230. The molecule has 2 fully saturated rings. The number of nitrogens with two attached hydrogens (primary N) is 1. The molecule has 2 atom stereocenters. The summed E-state index contributed by atoms with van der Waals surface area (Å²) in [5.41, 5.74) is 6.73. The first-order valence-electron chi connectivity index (χ1n) is 6.52. The van der Waals surface area contributed by atoms with E-state index in [0.29, 0.717) is 18.6 Å². The summed E-state index contributed by atoms with van der Waals surface area (Å²) in [6, 6.07) is 0.862. The van der Waals surface area contributed by atoms with Crippen LogP contribution in [0.25, 0.3) is 0 Å². The van der Waals surface area contributed by atoms with Gasteiger partial charge >= 0.3 is 0 Å². The average molecular weight is 312 g/mol. The molecule has 0 unspecified atom stereocenters. The lowest BCUT2D eigenvalue weighted by molar-refractivity contribution is -0.120. The van der Waals surface area contributed by atoms with Gasteiger partial charge in [0.1, 0.15) is 0 Å². The zero-order valence-electron chi connectivity index (χ0n) is 10.3. The molecule has 4 nitrogen and oxygen atoms in total. The van der Waals surface area contributed by atoms with Crippen LogP contribution in [-0.2, 0) is 4.79 Å². The van der Waals surface area contributed by atoms with Gasteiger partial charge in [0, 0.05) is 29.3 Å². The number of amides is 1. The van der Waals surface area contributed by atoms with Crippen LogP contribution in [0.5, 0.6) is 0 Å². The minimum absolute atomic E-state index is 0.230. The second-order valence-corrected chi connectivity index (χ2v) is 6.13. The van der Waals surface area contributed by atoms with E-state index >= 15 is 0 Å². The molecule has 0 aromatic heterocycles. The molecule has 98 valence electrons. The van der Waals surface area contributed by atoms with Gasteiger partial charge in [0.25, 0.3) is 0 Å². The van der Waals surface area contributed by atoms with Crippen LogP contribution in [0.15, 0.2) is 22.3 Å². The Labute approximate surface area is 116 Å². The van der Waals surface area contributed by atoms with E-state index in [1.165, 1.54) is 23.0 Å². The summed E-state index contributed by atoms with van der Waals surface area (Å²) >= 11 is 3.67. The predicted molar refractivity (Wildman–Crippen MR) is 74.0 cm³/mol. The van der Waals surface area contributed by atoms with Gasteiger partial charge in [0.2, 0.25) is 5.91 Å². The summed E-state index contributed by atoms with van der Waals surface area (Å²) in [5, 5.41) is 0. The van der Waals surface area contributed by atoms with Gasteiger partial charge in [-0.1, -0.05) is 12.2 Å². The third kappa shape index (κ3) is 1.99. The van der Waals surface area contributed by atoms with Gasteiger partial charge in [0.15, 0.2) is 0 Å². The predicted octanol–water partition coefficient (Wildman–Crippen LogP) is 1.19. The van der Waals surface area contributed by atoms with Crippen molar-refractivity contribution in [1.29, 1.82) is 0 Å². The fraction of sp³-hybridized carbons (Fsp3) is 0.615. The standard InChI is InChI=1S/C13H18BrN3O/c14-10-4-1-5-11-13(10)17-6-2-3-9(17)7-16(11)8-12(15)18/h1,4,9,11H,2-3,5-8H2,(H2,15,18)/t9-,11+/m1/s1. The fourth-order valence-electron chi connectivity index (χ4n) is 3.42. The molecule has 0 aromatic rings. The number of carbonyl (C=O) groups excluding carboxylic acids is 1. The Kier molecular flexibility index (Phi) is 3.20. The lowest BCUT2D eigenvalue weighted by atomic mass is 9.96. The van der Waals surface area contributed by atoms with E-state index in [2.05, 4.69) is 37.9 Å². The molecule has 2 saturated heterocycles. The molecule has 0 aromatic carbocycles.